The fourth-order valence-electron chi connectivity index (χ4n) is 3.22. The van der Waals surface area contributed by atoms with Crippen molar-refractivity contribution in [2.75, 3.05) is 19.2 Å². The Hall–Kier alpha value is -3.74. The Morgan fingerprint density at radius 2 is 2.07 bits per heavy atom. The van der Waals surface area contributed by atoms with Crippen molar-refractivity contribution in [3.05, 3.63) is 77.7 Å². The fraction of sp³-hybridized carbons (Fsp3) is 0.182. The van der Waals surface area contributed by atoms with Gasteiger partial charge in [0, 0.05) is 11.5 Å². The van der Waals surface area contributed by atoms with Gasteiger partial charge in [0.05, 0.1) is 18.7 Å². The molecule has 7 heteroatoms. The van der Waals surface area contributed by atoms with Gasteiger partial charge in [-0.05, 0) is 30.2 Å². The van der Waals surface area contributed by atoms with Crippen molar-refractivity contribution in [2.24, 2.45) is 0 Å². The van der Waals surface area contributed by atoms with Gasteiger partial charge in [-0.3, -0.25) is 0 Å². The smallest absolute Gasteiger partial charge is 0.339 e. The number of benzene rings is 2. The maximum Gasteiger partial charge on any atom is 0.339 e. The van der Waals surface area contributed by atoms with Crippen molar-refractivity contribution in [1.29, 1.82) is 0 Å². The zero-order chi connectivity index (χ0) is 20.2. The van der Waals surface area contributed by atoms with E-state index < -0.39 is 5.97 Å². The fourth-order valence-corrected chi connectivity index (χ4v) is 3.22. The molecule has 1 unspecified atom stereocenters. The van der Waals surface area contributed by atoms with Crippen molar-refractivity contribution in [2.45, 2.75) is 12.5 Å². The number of pyridine rings is 1. The maximum atomic E-state index is 11.9. The summed E-state index contributed by atoms with van der Waals surface area (Å²) >= 11 is 0. The molecule has 1 aliphatic rings. The average Bonchev–Trinajstić information content (AvgIpc) is 3.28. The first-order valence-electron chi connectivity index (χ1n) is 9.11. The summed E-state index contributed by atoms with van der Waals surface area (Å²) in [6.07, 6.45) is 2.12. The maximum absolute atomic E-state index is 11.9. The first-order valence-corrected chi connectivity index (χ1v) is 9.11. The number of hydrogen-bond donors (Lipinski definition) is 2. The molecule has 0 aliphatic carbocycles. The van der Waals surface area contributed by atoms with E-state index in [0.29, 0.717) is 28.8 Å². The third-order valence-corrected chi connectivity index (χ3v) is 4.69. The number of anilines is 1. The van der Waals surface area contributed by atoms with Gasteiger partial charge >= 0.3 is 5.97 Å². The van der Waals surface area contributed by atoms with Gasteiger partial charge in [0.2, 0.25) is 6.79 Å². The van der Waals surface area contributed by atoms with Crippen LogP contribution >= 0.6 is 0 Å². The Morgan fingerprint density at radius 1 is 1.24 bits per heavy atom. The van der Waals surface area contributed by atoms with Crippen LogP contribution in [0.15, 0.2) is 66.6 Å². The van der Waals surface area contributed by atoms with E-state index in [1.165, 1.54) is 0 Å². The van der Waals surface area contributed by atoms with Crippen molar-refractivity contribution < 1.29 is 24.1 Å². The summed E-state index contributed by atoms with van der Waals surface area (Å²) in [7, 11) is 1.58. The van der Waals surface area contributed by atoms with E-state index in [4.69, 9.17) is 14.2 Å². The van der Waals surface area contributed by atoms with Gasteiger partial charge in [0.1, 0.15) is 23.4 Å². The van der Waals surface area contributed by atoms with Crippen LogP contribution < -0.4 is 10.1 Å². The zero-order valence-electron chi connectivity index (χ0n) is 15.8. The molecule has 1 atom stereocenters. The Kier molecular flexibility index (Phi) is 5.20. The normalized spacial score (nSPS) is 13.9. The number of aromatic carboxylic acids is 1. The number of aromatic nitrogens is 1. The van der Waals surface area contributed by atoms with Crippen LogP contribution in [-0.4, -0.2) is 36.0 Å². The summed E-state index contributed by atoms with van der Waals surface area (Å²) in [6.45, 7) is 0.135. The Bertz CT molecular complexity index is 1070. The lowest BCUT2D eigenvalue weighted by atomic mass is 10.0. The average molecular weight is 392 g/mol. The minimum Gasteiger partial charge on any atom is -0.497 e. The number of carboxylic acids is 1. The van der Waals surface area contributed by atoms with Crippen LogP contribution in [0.25, 0.3) is 10.9 Å². The Morgan fingerprint density at radius 3 is 2.76 bits per heavy atom. The van der Waals surface area contributed by atoms with Crippen molar-refractivity contribution in [3.63, 3.8) is 0 Å². The van der Waals surface area contributed by atoms with Gasteiger partial charge in [0.25, 0.3) is 0 Å². The van der Waals surface area contributed by atoms with E-state index in [-0.39, 0.29) is 24.2 Å². The van der Waals surface area contributed by atoms with Crippen molar-refractivity contribution in [1.82, 2.24) is 4.98 Å². The first kappa shape index (κ1) is 18.6. The highest BCUT2D eigenvalue weighted by atomic mass is 16.7. The number of rotatable bonds is 7. The molecule has 4 rings (SSSR count). The molecular formula is C22H20N2O5. The molecule has 0 bridgehead atoms. The largest absolute Gasteiger partial charge is 0.497 e. The molecule has 0 spiro atoms. The van der Waals surface area contributed by atoms with E-state index >= 15 is 0 Å². The highest BCUT2D eigenvalue weighted by molar-refractivity contribution is 5.98. The number of carboxylic acid groups (broad SMARTS) is 1. The molecule has 0 saturated carbocycles. The number of ether oxygens (including phenoxy) is 3. The summed E-state index contributed by atoms with van der Waals surface area (Å²) < 4.78 is 16.0. The number of hydrogen-bond acceptors (Lipinski definition) is 6. The van der Waals surface area contributed by atoms with Crippen LogP contribution in [0.5, 0.6) is 5.75 Å². The second-order valence-electron chi connectivity index (χ2n) is 6.58. The SMILES string of the molecule is COc1ccc2cc(C(=O)O)c(NC(Cc3ccccc3)C3=COCO3)nc2c1. The molecular weight excluding hydrogens is 372 g/mol. The lowest BCUT2D eigenvalue weighted by Crippen LogP contribution is -2.27. The highest BCUT2D eigenvalue weighted by Gasteiger charge is 2.24. The van der Waals surface area contributed by atoms with Gasteiger partial charge in [-0.15, -0.1) is 0 Å². The van der Waals surface area contributed by atoms with Gasteiger partial charge in [-0.25, -0.2) is 9.78 Å². The highest BCUT2D eigenvalue weighted by Crippen LogP contribution is 2.27. The van der Waals surface area contributed by atoms with Gasteiger partial charge in [0.15, 0.2) is 5.76 Å². The first-order chi connectivity index (χ1) is 14.1. The summed E-state index contributed by atoms with van der Waals surface area (Å²) in [5.74, 6) is 0.442. The molecule has 29 heavy (non-hydrogen) atoms. The van der Waals surface area contributed by atoms with Crippen LogP contribution in [0.3, 0.4) is 0 Å². The Balaban J connectivity index is 1.73. The Labute approximate surface area is 167 Å². The minimum atomic E-state index is -1.06. The number of methoxy groups -OCH3 is 1. The quantitative estimate of drug-likeness (QED) is 0.632. The van der Waals surface area contributed by atoms with Crippen LogP contribution in [0.1, 0.15) is 15.9 Å². The molecule has 148 valence electrons. The topological polar surface area (TPSA) is 89.9 Å². The molecule has 0 saturated heterocycles. The predicted octanol–water partition coefficient (Wildman–Crippen LogP) is 3.81. The molecule has 7 nitrogen and oxygen atoms in total. The van der Waals surface area contributed by atoms with Crippen LogP contribution in [-0.2, 0) is 15.9 Å². The second kappa shape index (κ2) is 8.10. The lowest BCUT2D eigenvalue weighted by Gasteiger charge is -2.21. The van der Waals surface area contributed by atoms with Crippen LogP contribution in [0, 0.1) is 0 Å². The molecule has 0 radical (unpaired) electrons. The molecule has 2 aromatic carbocycles. The van der Waals surface area contributed by atoms with E-state index in [1.807, 2.05) is 30.3 Å². The molecule has 0 fully saturated rings. The van der Waals surface area contributed by atoms with E-state index in [9.17, 15) is 9.90 Å². The summed E-state index contributed by atoms with van der Waals surface area (Å²) in [6, 6.07) is 16.5. The number of nitrogens with zero attached hydrogens (tertiary/aromatic N) is 1. The van der Waals surface area contributed by atoms with E-state index in [1.54, 1.807) is 37.6 Å². The third-order valence-electron chi connectivity index (χ3n) is 4.69. The molecule has 1 aromatic heterocycles. The lowest BCUT2D eigenvalue weighted by molar-refractivity contribution is 0.0696. The van der Waals surface area contributed by atoms with Gasteiger partial charge in [-0.2, -0.15) is 0 Å². The molecule has 3 aromatic rings. The van der Waals surface area contributed by atoms with Gasteiger partial charge in [-0.1, -0.05) is 30.3 Å². The number of carbonyl (C=O) groups is 1. The molecule has 1 aliphatic heterocycles. The molecule has 2 N–H and O–H groups in total. The predicted molar refractivity (Wildman–Crippen MR) is 108 cm³/mol. The number of nitrogens with one attached hydrogen (secondary N) is 1. The number of fused-ring (bicyclic) bond motifs is 1. The summed E-state index contributed by atoms with van der Waals surface area (Å²) in [5, 5.41) is 13.7. The van der Waals surface area contributed by atoms with E-state index in [0.717, 1.165) is 5.56 Å². The third kappa shape index (κ3) is 4.08. The summed E-state index contributed by atoms with van der Waals surface area (Å²) in [5.41, 5.74) is 1.79. The van der Waals surface area contributed by atoms with E-state index in [2.05, 4.69) is 10.3 Å². The van der Waals surface area contributed by atoms with Crippen LogP contribution in [0.2, 0.25) is 0 Å². The minimum absolute atomic E-state index is 0.0836. The second-order valence-corrected chi connectivity index (χ2v) is 6.58. The van der Waals surface area contributed by atoms with Gasteiger partial charge < -0.3 is 24.6 Å². The monoisotopic (exact) mass is 392 g/mol. The van der Waals surface area contributed by atoms with Crippen molar-refractivity contribution >= 4 is 22.7 Å². The van der Waals surface area contributed by atoms with Crippen LogP contribution in [0.4, 0.5) is 5.82 Å². The molecule has 0 amide bonds. The zero-order valence-corrected chi connectivity index (χ0v) is 15.8. The summed E-state index contributed by atoms with van der Waals surface area (Å²) in [4.78, 5) is 16.4. The molecule has 2 heterocycles. The van der Waals surface area contributed by atoms with Crippen molar-refractivity contribution in [3.8, 4) is 5.75 Å². The standard InChI is InChI=1S/C22H20N2O5/c1-27-16-8-7-15-10-17(22(25)26)21(23-18(15)11-16)24-19(20-12-28-13-29-20)9-14-5-3-2-4-6-14/h2-8,10-12,19H,9,13H2,1H3,(H,23,24)(H,25,26).